The molecule has 11 nitrogen and oxygen atoms in total. The lowest BCUT2D eigenvalue weighted by Gasteiger charge is -2.30. The zero-order valence-electron chi connectivity index (χ0n) is 21.8. The number of methoxy groups -OCH3 is 1. The number of likely N-dealkylation sites (N-methyl/N-ethyl adjacent to an activating group) is 1. The van der Waals surface area contributed by atoms with Crippen LogP contribution < -0.4 is 36.3 Å². The summed E-state index contributed by atoms with van der Waals surface area (Å²) in [6.07, 6.45) is 3.31. The number of carbonyl (C=O) groups excluding carboxylic acids is 1. The summed E-state index contributed by atoms with van der Waals surface area (Å²) in [5.74, 6) is 1.19. The minimum atomic E-state index is -0.384. The van der Waals surface area contributed by atoms with E-state index in [0.717, 1.165) is 25.9 Å². The number of amides is 1. The Balaban J connectivity index is 0.00000186. The third-order valence-electron chi connectivity index (χ3n) is 5.92. The fraction of sp³-hybridized carbons (Fsp3) is 0.440. The number of hydrogen-bond acceptors (Lipinski definition) is 9. The van der Waals surface area contributed by atoms with E-state index in [0.29, 0.717) is 39.1 Å². The van der Waals surface area contributed by atoms with Crippen molar-refractivity contribution in [2.45, 2.75) is 32.7 Å². The van der Waals surface area contributed by atoms with Gasteiger partial charge in [0, 0.05) is 50.4 Å². The minimum Gasteiger partial charge on any atom is -0.494 e. The van der Waals surface area contributed by atoms with Crippen LogP contribution >= 0.6 is 11.6 Å². The van der Waals surface area contributed by atoms with Crippen molar-refractivity contribution in [1.82, 2.24) is 19.9 Å². The topological polar surface area (TPSA) is 137 Å². The van der Waals surface area contributed by atoms with Crippen LogP contribution in [0.2, 0.25) is 5.02 Å². The highest BCUT2D eigenvalue weighted by Gasteiger charge is 2.20. The quantitative estimate of drug-likeness (QED) is 0.420. The average molecular weight is 532 g/mol. The van der Waals surface area contributed by atoms with Crippen LogP contribution in [-0.2, 0) is 11.8 Å². The highest BCUT2D eigenvalue weighted by atomic mass is 35.5. The summed E-state index contributed by atoms with van der Waals surface area (Å²) in [6.45, 7) is 5.28. The van der Waals surface area contributed by atoms with Crippen LogP contribution in [0.3, 0.4) is 0 Å². The van der Waals surface area contributed by atoms with Crippen molar-refractivity contribution < 1.29 is 14.3 Å². The minimum absolute atomic E-state index is 0.0495. The largest absolute Gasteiger partial charge is 0.494 e. The summed E-state index contributed by atoms with van der Waals surface area (Å²) in [7, 11) is 4.64. The van der Waals surface area contributed by atoms with Crippen molar-refractivity contribution in [2.24, 2.45) is 12.8 Å². The van der Waals surface area contributed by atoms with Crippen molar-refractivity contribution >= 4 is 45.9 Å². The van der Waals surface area contributed by atoms with E-state index in [2.05, 4.69) is 25.5 Å². The van der Waals surface area contributed by atoms with Crippen molar-refractivity contribution in [3.05, 3.63) is 39.8 Å². The first-order chi connectivity index (χ1) is 17.8. The van der Waals surface area contributed by atoms with Gasteiger partial charge in [0.15, 0.2) is 18.2 Å². The maximum absolute atomic E-state index is 12.8. The van der Waals surface area contributed by atoms with Gasteiger partial charge in [0.25, 0.3) is 11.5 Å². The number of benzene rings is 1. The predicted molar refractivity (Wildman–Crippen MR) is 146 cm³/mol. The normalized spacial score (nSPS) is 13.5. The first kappa shape index (κ1) is 28.0. The molecular weight excluding hydrogens is 498 g/mol. The molecule has 2 aromatic heterocycles. The molecular formula is C25H34ClN7O4. The molecule has 1 saturated heterocycles. The number of anilines is 3. The number of rotatable bonds is 7. The number of carbonyl (C=O) groups is 1. The maximum Gasteiger partial charge on any atom is 0.293 e. The fourth-order valence-electron chi connectivity index (χ4n) is 3.95. The second kappa shape index (κ2) is 12.6. The Morgan fingerprint density at radius 1 is 1.22 bits per heavy atom. The summed E-state index contributed by atoms with van der Waals surface area (Å²) < 4.78 is 12.4. The molecule has 1 amide bonds. The molecule has 37 heavy (non-hydrogen) atoms. The molecule has 1 aromatic carbocycles. The van der Waals surface area contributed by atoms with Crippen LogP contribution in [0.5, 0.6) is 11.5 Å². The van der Waals surface area contributed by atoms with Gasteiger partial charge in [-0.15, -0.1) is 0 Å². The van der Waals surface area contributed by atoms with E-state index in [1.165, 1.54) is 18.7 Å². The van der Waals surface area contributed by atoms with Crippen molar-refractivity contribution in [2.75, 3.05) is 44.1 Å². The summed E-state index contributed by atoms with van der Waals surface area (Å²) in [6, 6.07) is 5.35. The van der Waals surface area contributed by atoms with Gasteiger partial charge in [-0.3, -0.25) is 9.59 Å². The number of halogens is 1. The van der Waals surface area contributed by atoms with E-state index < -0.39 is 0 Å². The first-order valence-electron chi connectivity index (χ1n) is 12.2. The van der Waals surface area contributed by atoms with Gasteiger partial charge >= 0.3 is 0 Å². The molecule has 12 heteroatoms. The van der Waals surface area contributed by atoms with E-state index in [-0.39, 0.29) is 29.9 Å². The lowest BCUT2D eigenvalue weighted by molar-refractivity contribution is -0.122. The molecule has 4 rings (SSSR count). The molecule has 0 unspecified atom stereocenters. The van der Waals surface area contributed by atoms with Crippen LogP contribution in [0.4, 0.5) is 17.5 Å². The monoisotopic (exact) mass is 531 g/mol. The molecule has 4 N–H and O–H groups in total. The summed E-state index contributed by atoms with van der Waals surface area (Å²) in [4.78, 5) is 35.4. The SMILES string of the molecule is CC.CNC(=O)COc1cc2cc(Nc3nc(N4CCC(N)CC4)ncc3Cl)cc(OC)c2n(C)c1=O. The second-order valence-corrected chi connectivity index (χ2v) is 8.67. The van der Waals surface area contributed by atoms with Gasteiger partial charge in [0.2, 0.25) is 5.95 Å². The number of nitrogens with two attached hydrogens (primary N) is 1. The summed E-state index contributed by atoms with van der Waals surface area (Å²) in [5.41, 5.74) is 6.84. The van der Waals surface area contributed by atoms with Gasteiger partial charge in [0.05, 0.1) is 18.8 Å². The van der Waals surface area contributed by atoms with Gasteiger partial charge < -0.3 is 35.3 Å². The Hall–Kier alpha value is -3.57. The molecule has 0 saturated carbocycles. The standard InChI is InChI=1S/C23H28ClN7O4.C2H6/c1-26-19(32)12-35-18-9-13-8-15(10-17(34-3)20(13)30(2)22(18)33)28-21-16(24)11-27-23(29-21)31-6-4-14(25)5-7-31;1-2/h8-11,14H,4-7,12,25H2,1-3H3,(H,26,32)(H,27,28,29);1-2H3. The van der Waals surface area contributed by atoms with Gasteiger partial charge in [0.1, 0.15) is 10.8 Å². The molecule has 0 radical (unpaired) electrons. The van der Waals surface area contributed by atoms with Crippen molar-refractivity contribution in [3.8, 4) is 11.5 Å². The van der Waals surface area contributed by atoms with Crippen LogP contribution in [0.1, 0.15) is 26.7 Å². The number of piperidine rings is 1. The number of aromatic nitrogens is 3. The van der Waals surface area contributed by atoms with E-state index in [4.69, 9.17) is 26.8 Å². The van der Waals surface area contributed by atoms with Gasteiger partial charge in [-0.2, -0.15) is 4.98 Å². The van der Waals surface area contributed by atoms with Crippen LogP contribution in [0.25, 0.3) is 10.9 Å². The molecule has 3 aromatic rings. The Kier molecular flexibility index (Phi) is 9.54. The molecule has 1 fully saturated rings. The van der Waals surface area contributed by atoms with Gasteiger partial charge in [-0.25, -0.2) is 4.98 Å². The fourth-order valence-corrected chi connectivity index (χ4v) is 4.09. The molecule has 0 bridgehead atoms. The highest BCUT2D eigenvalue weighted by molar-refractivity contribution is 6.32. The van der Waals surface area contributed by atoms with Crippen LogP contribution in [-0.4, -0.2) is 60.3 Å². The summed E-state index contributed by atoms with van der Waals surface area (Å²) >= 11 is 6.40. The summed E-state index contributed by atoms with van der Waals surface area (Å²) in [5, 5.41) is 6.71. The number of ether oxygens (including phenoxy) is 2. The average Bonchev–Trinajstić information content (AvgIpc) is 2.92. The Labute approximate surface area is 220 Å². The molecule has 1 aliphatic rings. The van der Waals surface area contributed by atoms with Gasteiger partial charge in [-0.05, 0) is 25.0 Å². The number of pyridine rings is 1. The number of fused-ring (bicyclic) bond motifs is 1. The number of nitrogens with zero attached hydrogens (tertiary/aromatic N) is 4. The van der Waals surface area contributed by atoms with Crippen LogP contribution in [0, 0.1) is 0 Å². The molecule has 3 heterocycles. The lowest BCUT2D eigenvalue weighted by atomic mass is 10.1. The number of hydrogen-bond donors (Lipinski definition) is 3. The molecule has 0 atom stereocenters. The van der Waals surface area contributed by atoms with Crippen molar-refractivity contribution in [3.63, 3.8) is 0 Å². The van der Waals surface area contributed by atoms with E-state index in [1.54, 1.807) is 25.4 Å². The molecule has 200 valence electrons. The third-order valence-corrected chi connectivity index (χ3v) is 6.19. The zero-order chi connectivity index (χ0) is 27.1. The number of nitrogens with one attached hydrogen (secondary N) is 2. The lowest BCUT2D eigenvalue weighted by Crippen LogP contribution is -2.40. The van der Waals surface area contributed by atoms with Gasteiger partial charge in [-0.1, -0.05) is 25.4 Å². The highest BCUT2D eigenvalue weighted by Crippen LogP contribution is 2.33. The first-order valence-corrected chi connectivity index (χ1v) is 12.5. The molecule has 0 aliphatic carbocycles. The van der Waals surface area contributed by atoms with E-state index in [9.17, 15) is 9.59 Å². The van der Waals surface area contributed by atoms with E-state index >= 15 is 0 Å². The Morgan fingerprint density at radius 2 is 1.92 bits per heavy atom. The Bertz CT molecular complexity index is 1310. The smallest absolute Gasteiger partial charge is 0.293 e. The zero-order valence-corrected chi connectivity index (χ0v) is 22.6. The number of aryl methyl sites for hydroxylation is 1. The maximum atomic E-state index is 12.8. The van der Waals surface area contributed by atoms with Crippen molar-refractivity contribution in [1.29, 1.82) is 0 Å². The van der Waals surface area contributed by atoms with E-state index in [1.807, 2.05) is 19.9 Å². The molecule has 1 aliphatic heterocycles. The Morgan fingerprint density at radius 3 is 2.57 bits per heavy atom. The second-order valence-electron chi connectivity index (χ2n) is 8.27. The molecule has 0 spiro atoms. The van der Waals surface area contributed by atoms with Crippen LogP contribution in [0.15, 0.2) is 29.2 Å². The third kappa shape index (κ3) is 6.41. The predicted octanol–water partition coefficient (Wildman–Crippen LogP) is 2.81.